The van der Waals surface area contributed by atoms with Crippen LogP contribution in [-0.4, -0.2) is 4.98 Å². The highest BCUT2D eigenvalue weighted by Crippen LogP contribution is 2.44. The van der Waals surface area contributed by atoms with Crippen LogP contribution in [0.25, 0.3) is 10.2 Å². The molecule has 1 N–H and O–H groups in total. The Bertz CT molecular complexity index is 726. The van der Waals surface area contributed by atoms with Gasteiger partial charge in [0, 0.05) is 10.6 Å². The topological polar surface area (TPSA) is 24.9 Å². The largest absolute Gasteiger partial charge is 0.377 e. The van der Waals surface area contributed by atoms with E-state index in [4.69, 9.17) is 0 Å². The van der Waals surface area contributed by atoms with E-state index in [1.165, 1.54) is 28.1 Å². The summed E-state index contributed by atoms with van der Waals surface area (Å²) in [5.74, 6) is 0.799. The number of thiophene rings is 1. The zero-order valence-electron chi connectivity index (χ0n) is 11.3. The van der Waals surface area contributed by atoms with Crippen LogP contribution in [0.5, 0.6) is 0 Å². The van der Waals surface area contributed by atoms with Crippen LogP contribution >= 0.6 is 22.7 Å². The van der Waals surface area contributed by atoms with Gasteiger partial charge in [-0.05, 0) is 55.3 Å². The minimum Gasteiger partial charge on any atom is -0.377 e. The summed E-state index contributed by atoms with van der Waals surface area (Å²) in [7, 11) is 0. The standard InChI is InChI=1S/C16H16N2S2/c1-10-17-13-7-6-12(9-15(13)20-10)18-16(11-4-5-11)14-3-2-8-19-14/h2-3,6-9,11,16,18H,4-5H2,1H3. The van der Waals surface area contributed by atoms with Crippen molar-refractivity contribution in [3.8, 4) is 0 Å². The predicted molar refractivity (Wildman–Crippen MR) is 87.8 cm³/mol. The van der Waals surface area contributed by atoms with Crippen molar-refractivity contribution in [1.82, 2.24) is 4.98 Å². The lowest BCUT2D eigenvalue weighted by Gasteiger charge is -2.18. The summed E-state index contributed by atoms with van der Waals surface area (Å²) in [6, 6.07) is 11.4. The number of aromatic nitrogens is 1. The van der Waals surface area contributed by atoms with Crippen LogP contribution in [0, 0.1) is 12.8 Å². The summed E-state index contributed by atoms with van der Waals surface area (Å²) in [5, 5.41) is 7.04. The van der Waals surface area contributed by atoms with Crippen molar-refractivity contribution in [3.63, 3.8) is 0 Å². The first kappa shape index (κ1) is 12.4. The van der Waals surface area contributed by atoms with Gasteiger partial charge in [0.1, 0.15) is 0 Å². The molecule has 2 heterocycles. The molecule has 1 aliphatic carbocycles. The Morgan fingerprint density at radius 3 is 2.95 bits per heavy atom. The lowest BCUT2D eigenvalue weighted by atomic mass is 10.1. The molecule has 1 unspecified atom stereocenters. The first-order valence-corrected chi connectivity index (χ1v) is 8.66. The second-order valence-electron chi connectivity index (χ2n) is 5.39. The van der Waals surface area contributed by atoms with Crippen LogP contribution in [0.3, 0.4) is 0 Å². The van der Waals surface area contributed by atoms with E-state index in [0.29, 0.717) is 6.04 Å². The fraction of sp³-hybridized carbons (Fsp3) is 0.312. The van der Waals surface area contributed by atoms with Crippen molar-refractivity contribution in [2.45, 2.75) is 25.8 Å². The molecule has 1 aliphatic rings. The predicted octanol–water partition coefficient (Wildman–Crippen LogP) is 5.23. The highest BCUT2D eigenvalue weighted by atomic mass is 32.1. The van der Waals surface area contributed by atoms with Crippen LogP contribution in [0.2, 0.25) is 0 Å². The van der Waals surface area contributed by atoms with E-state index in [-0.39, 0.29) is 0 Å². The third kappa shape index (κ3) is 2.34. The van der Waals surface area contributed by atoms with Gasteiger partial charge in [-0.15, -0.1) is 22.7 Å². The summed E-state index contributed by atoms with van der Waals surface area (Å²) in [5.41, 5.74) is 2.32. The molecule has 1 atom stereocenters. The average Bonchev–Trinajstić information content (AvgIpc) is 2.98. The highest BCUT2D eigenvalue weighted by molar-refractivity contribution is 7.18. The summed E-state index contributed by atoms with van der Waals surface area (Å²) >= 11 is 3.62. The Morgan fingerprint density at radius 1 is 1.30 bits per heavy atom. The number of rotatable bonds is 4. The van der Waals surface area contributed by atoms with Gasteiger partial charge in [0.25, 0.3) is 0 Å². The highest BCUT2D eigenvalue weighted by Gasteiger charge is 2.32. The molecular weight excluding hydrogens is 284 g/mol. The zero-order valence-corrected chi connectivity index (χ0v) is 12.9. The van der Waals surface area contributed by atoms with Gasteiger partial charge in [-0.3, -0.25) is 0 Å². The second kappa shape index (κ2) is 4.86. The number of thiazole rings is 1. The van der Waals surface area contributed by atoms with Crippen LogP contribution in [-0.2, 0) is 0 Å². The molecule has 1 fully saturated rings. The minimum atomic E-state index is 0.474. The Labute approximate surface area is 126 Å². The number of fused-ring (bicyclic) bond motifs is 1. The van der Waals surface area contributed by atoms with Crippen molar-refractivity contribution in [3.05, 3.63) is 45.6 Å². The molecule has 0 amide bonds. The number of nitrogens with one attached hydrogen (secondary N) is 1. The van der Waals surface area contributed by atoms with Crippen molar-refractivity contribution in [1.29, 1.82) is 0 Å². The van der Waals surface area contributed by atoms with Gasteiger partial charge < -0.3 is 5.32 Å². The van der Waals surface area contributed by atoms with E-state index in [0.717, 1.165) is 16.4 Å². The lowest BCUT2D eigenvalue weighted by molar-refractivity contribution is 0.691. The van der Waals surface area contributed by atoms with Crippen LogP contribution in [0.4, 0.5) is 5.69 Å². The van der Waals surface area contributed by atoms with Crippen molar-refractivity contribution < 1.29 is 0 Å². The summed E-state index contributed by atoms with van der Waals surface area (Å²) < 4.78 is 1.27. The molecule has 0 saturated heterocycles. The fourth-order valence-electron chi connectivity index (χ4n) is 2.63. The molecule has 1 aromatic carbocycles. The van der Waals surface area contributed by atoms with Crippen molar-refractivity contribution in [2.75, 3.05) is 5.32 Å². The number of anilines is 1. The number of aryl methyl sites for hydroxylation is 1. The van der Waals surface area contributed by atoms with Gasteiger partial charge in [0.2, 0.25) is 0 Å². The van der Waals surface area contributed by atoms with Gasteiger partial charge in [0.05, 0.1) is 21.3 Å². The van der Waals surface area contributed by atoms with E-state index < -0.39 is 0 Å². The third-order valence-electron chi connectivity index (χ3n) is 3.76. The SMILES string of the molecule is Cc1nc2ccc(NC(c3cccs3)C3CC3)cc2s1. The molecule has 1 saturated carbocycles. The Hall–Kier alpha value is -1.39. The Balaban J connectivity index is 1.64. The monoisotopic (exact) mass is 300 g/mol. The van der Waals surface area contributed by atoms with Gasteiger partial charge >= 0.3 is 0 Å². The quantitative estimate of drug-likeness (QED) is 0.713. The van der Waals surface area contributed by atoms with E-state index in [9.17, 15) is 0 Å². The van der Waals surface area contributed by atoms with E-state index in [2.05, 4.69) is 52.9 Å². The van der Waals surface area contributed by atoms with E-state index in [1.807, 2.05) is 11.3 Å². The van der Waals surface area contributed by atoms with Gasteiger partial charge in [0.15, 0.2) is 0 Å². The summed E-state index contributed by atoms with van der Waals surface area (Å²) in [6.07, 6.45) is 2.69. The molecule has 0 spiro atoms. The minimum absolute atomic E-state index is 0.474. The average molecular weight is 300 g/mol. The molecule has 102 valence electrons. The number of benzene rings is 1. The maximum atomic E-state index is 4.52. The van der Waals surface area contributed by atoms with E-state index in [1.54, 1.807) is 11.3 Å². The normalized spacial score (nSPS) is 16.4. The lowest BCUT2D eigenvalue weighted by Crippen LogP contribution is -2.11. The number of nitrogens with zero attached hydrogens (tertiary/aromatic N) is 1. The fourth-order valence-corrected chi connectivity index (χ4v) is 4.36. The Morgan fingerprint density at radius 2 is 2.20 bits per heavy atom. The Kier molecular flexibility index (Phi) is 3.00. The van der Waals surface area contributed by atoms with Crippen molar-refractivity contribution in [2.24, 2.45) is 5.92 Å². The van der Waals surface area contributed by atoms with Gasteiger partial charge in [-0.2, -0.15) is 0 Å². The molecular formula is C16H16N2S2. The number of hydrogen-bond donors (Lipinski definition) is 1. The van der Waals surface area contributed by atoms with Crippen molar-refractivity contribution >= 4 is 38.6 Å². The number of hydrogen-bond acceptors (Lipinski definition) is 4. The molecule has 20 heavy (non-hydrogen) atoms. The summed E-state index contributed by atoms with van der Waals surface area (Å²) in [4.78, 5) is 5.98. The van der Waals surface area contributed by atoms with Gasteiger partial charge in [-0.25, -0.2) is 4.98 Å². The van der Waals surface area contributed by atoms with Crippen LogP contribution < -0.4 is 5.32 Å². The van der Waals surface area contributed by atoms with E-state index >= 15 is 0 Å². The molecule has 3 aromatic rings. The van der Waals surface area contributed by atoms with Crippen LogP contribution in [0.1, 0.15) is 28.8 Å². The molecule has 0 aliphatic heterocycles. The smallest absolute Gasteiger partial charge is 0.0907 e. The molecule has 4 rings (SSSR count). The van der Waals surface area contributed by atoms with Gasteiger partial charge in [-0.1, -0.05) is 6.07 Å². The first-order valence-electron chi connectivity index (χ1n) is 6.97. The maximum Gasteiger partial charge on any atom is 0.0907 e. The molecule has 4 heteroatoms. The molecule has 2 aromatic heterocycles. The van der Waals surface area contributed by atoms with Crippen LogP contribution in [0.15, 0.2) is 35.7 Å². The second-order valence-corrected chi connectivity index (χ2v) is 7.60. The first-order chi connectivity index (χ1) is 9.79. The zero-order chi connectivity index (χ0) is 13.5. The molecule has 2 nitrogen and oxygen atoms in total. The molecule has 0 bridgehead atoms. The summed E-state index contributed by atoms with van der Waals surface area (Å²) in [6.45, 7) is 2.07. The molecule has 0 radical (unpaired) electrons. The maximum absolute atomic E-state index is 4.52. The third-order valence-corrected chi connectivity index (χ3v) is 5.65.